The van der Waals surface area contributed by atoms with E-state index in [0.29, 0.717) is 13.1 Å². The van der Waals surface area contributed by atoms with Crippen molar-refractivity contribution in [1.82, 2.24) is 10.2 Å². The van der Waals surface area contributed by atoms with Gasteiger partial charge in [0.2, 0.25) is 0 Å². The van der Waals surface area contributed by atoms with Crippen molar-refractivity contribution in [1.29, 1.82) is 0 Å². The van der Waals surface area contributed by atoms with Crippen LogP contribution in [0.4, 0.5) is 5.69 Å². The van der Waals surface area contributed by atoms with E-state index in [-0.39, 0.29) is 17.9 Å². The predicted octanol–water partition coefficient (Wildman–Crippen LogP) is 3.88. The van der Waals surface area contributed by atoms with Gasteiger partial charge < -0.3 is 15.1 Å². The van der Waals surface area contributed by atoms with Crippen molar-refractivity contribution >= 4 is 17.5 Å². The summed E-state index contributed by atoms with van der Waals surface area (Å²) < 4.78 is 0. The molecule has 5 nitrogen and oxygen atoms in total. The first-order valence-corrected chi connectivity index (χ1v) is 10.5. The number of hydrogen-bond donors (Lipinski definition) is 1. The predicted molar refractivity (Wildman–Crippen MR) is 118 cm³/mol. The smallest absolute Gasteiger partial charge is 0.255 e. The number of aryl methyl sites for hydroxylation is 1. The highest BCUT2D eigenvalue weighted by atomic mass is 16.2. The summed E-state index contributed by atoms with van der Waals surface area (Å²) in [6, 6.07) is 15.7. The van der Waals surface area contributed by atoms with Gasteiger partial charge in [0.15, 0.2) is 0 Å². The molecule has 2 amide bonds. The molecule has 0 bridgehead atoms. The third kappa shape index (κ3) is 4.78. The molecule has 1 aliphatic heterocycles. The van der Waals surface area contributed by atoms with Gasteiger partial charge in [0.1, 0.15) is 0 Å². The molecule has 1 fully saturated rings. The first-order chi connectivity index (χ1) is 14.0. The zero-order valence-corrected chi connectivity index (χ0v) is 17.6. The van der Waals surface area contributed by atoms with E-state index in [1.807, 2.05) is 74.2 Å². The number of amides is 2. The summed E-state index contributed by atoms with van der Waals surface area (Å²) in [5.41, 5.74) is 3.49. The van der Waals surface area contributed by atoms with Crippen LogP contribution in [0.1, 0.15) is 53.0 Å². The van der Waals surface area contributed by atoms with Crippen molar-refractivity contribution in [3.8, 4) is 0 Å². The van der Waals surface area contributed by atoms with Crippen molar-refractivity contribution in [2.45, 2.75) is 39.7 Å². The van der Waals surface area contributed by atoms with Crippen LogP contribution in [0, 0.1) is 6.92 Å². The van der Waals surface area contributed by atoms with Gasteiger partial charge in [-0.3, -0.25) is 9.59 Å². The average molecular weight is 394 g/mol. The quantitative estimate of drug-likeness (QED) is 0.810. The summed E-state index contributed by atoms with van der Waals surface area (Å²) in [4.78, 5) is 29.6. The summed E-state index contributed by atoms with van der Waals surface area (Å²) >= 11 is 0. The lowest BCUT2D eigenvalue weighted by Crippen LogP contribution is -2.45. The molecule has 0 aromatic heterocycles. The van der Waals surface area contributed by atoms with Gasteiger partial charge in [-0.15, -0.1) is 0 Å². The molecule has 29 heavy (non-hydrogen) atoms. The Balaban J connectivity index is 1.65. The van der Waals surface area contributed by atoms with Crippen LogP contribution in [0.2, 0.25) is 0 Å². The molecule has 1 saturated heterocycles. The van der Waals surface area contributed by atoms with Crippen LogP contribution >= 0.6 is 0 Å². The zero-order valence-electron chi connectivity index (χ0n) is 17.6. The van der Waals surface area contributed by atoms with Crippen LogP contribution in [0.5, 0.6) is 0 Å². The number of carbonyl (C=O) groups is 2. The van der Waals surface area contributed by atoms with Crippen LogP contribution < -0.4 is 10.2 Å². The third-order valence-electron chi connectivity index (χ3n) is 5.75. The molecule has 1 heterocycles. The van der Waals surface area contributed by atoms with E-state index in [1.165, 1.54) is 0 Å². The van der Waals surface area contributed by atoms with Crippen molar-refractivity contribution in [2.75, 3.05) is 31.1 Å². The molecular weight excluding hydrogens is 362 g/mol. The fourth-order valence-corrected chi connectivity index (χ4v) is 3.97. The minimum Gasteiger partial charge on any atom is -0.371 e. The summed E-state index contributed by atoms with van der Waals surface area (Å²) in [6.07, 6.45) is 1.73. The van der Waals surface area contributed by atoms with Crippen molar-refractivity contribution in [2.24, 2.45) is 0 Å². The molecule has 1 aliphatic rings. The third-order valence-corrected chi connectivity index (χ3v) is 5.75. The number of nitrogens with one attached hydrogen (secondary N) is 1. The molecule has 0 spiro atoms. The van der Waals surface area contributed by atoms with Crippen LogP contribution in [-0.2, 0) is 0 Å². The second-order valence-electron chi connectivity index (χ2n) is 7.54. The molecule has 1 N–H and O–H groups in total. The number of piperidine rings is 1. The molecule has 2 aromatic carbocycles. The maximum Gasteiger partial charge on any atom is 0.255 e. The highest BCUT2D eigenvalue weighted by molar-refractivity contribution is 6.00. The number of hydrogen-bond acceptors (Lipinski definition) is 3. The van der Waals surface area contributed by atoms with E-state index in [9.17, 15) is 9.59 Å². The SMILES string of the molecule is CCN(CC)C(=O)c1ccccc1N1CCC(NC(=O)c2ccccc2C)CC1. The van der Waals surface area contributed by atoms with Crippen molar-refractivity contribution < 1.29 is 9.59 Å². The Labute approximate surface area is 173 Å². The molecule has 0 aliphatic carbocycles. The monoisotopic (exact) mass is 393 g/mol. The Morgan fingerprint density at radius 2 is 1.55 bits per heavy atom. The Morgan fingerprint density at radius 3 is 2.17 bits per heavy atom. The lowest BCUT2D eigenvalue weighted by atomic mass is 10.0. The zero-order chi connectivity index (χ0) is 20.8. The first kappa shape index (κ1) is 20.9. The van der Waals surface area contributed by atoms with E-state index in [4.69, 9.17) is 0 Å². The van der Waals surface area contributed by atoms with Crippen LogP contribution in [0.15, 0.2) is 48.5 Å². The van der Waals surface area contributed by atoms with E-state index in [1.54, 1.807) is 0 Å². The maximum atomic E-state index is 12.9. The first-order valence-electron chi connectivity index (χ1n) is 10.5. The highest BCUT2D eigenvalue weighted by Crippen LogP contribution is 2.25. The summed E-state index contributed by atoms with van der Waals surface area (Å²) in [6.45, 7) is 9.02. The molecule has 5 heteroatoms. The largest absolute Gasteiger partial charge is 0.371 e. The molecule has 0 radical (unpaired) electrons. The highest BCUT2D eigenvalue weighted by Gasteiger charge is 2.25. The average Bonchev–Trinajstić information content (AvgIpc) is 2.75. The van der Waals surface area contributed by atoms with Crippen LogP contribution in [0.3, 0.4) is 0 Å². The molecule has 154 valence electrons. The van der Waals surface area contributed by atoms with Gasteiger partial charge in [-0.2, -0.15) is 0 Å². The van der Waals surface area contributed by atoms with Gasteiger partial charge in [0, 0.05) is 43.5 Å². The number of para-hydroxylation sites is 1. The number of rotatable bonds is 6. The number of anilines is 1. The van der Waals surface area contributed by atoms with Gasteiger partial charge in [-0.05, 0) is 57.4 Å². The second-order valence-corrected chi connectivity index (χ2v) is 7.54. The Bertz CT molecular complexity index is 853. The molecule has 2 aromatic rings. The van der Waals surface area contributed by atoms with Crippen LogP contribution in [0.25, 0.3) is 0 Å². The topological polar surface area (TPSA) is 52.7 Å². The number of benzene rings is 2. The van der Waals surface area contributed by atoms with Crippen LogP contribution in [-0.4, -0.2) is 48.9 Å². The lowest BCUT2D eigenvalue weighted by Gasteiger charge is -2.35. The molecule has 0 saturated carbocycles. The fraction of sp³-hybridized carbons (Fsp3) is 0.417. The Hall–Kier alpha value is -2.82. The normalized spacial score (nSPS) is 14.5. The number of carbonyl (C=O) groups excluding carboxylic acids is 2. The van der Waals surface area contributed by atoms with E-state index in [2.05, 4.69) is 10.2 Å². The van der Waals surface area contributed by atoms with E-state index >= 15 is 0 Å². The lowest BCUT2D eigenvalue weighted by molar-refractivity contribution is 0.0773. The van der Waals surface area contributed by atoms with E-state index < -0.39 is 0 Å². The minimum atomic E-state index is -0.00124. The van der Waals surface area contributed by atoms with Gasteiger partial charge >= 0.3 is 0 Å². The van der Waals surface area contributed by atoms with Crippen molar-refractivity contribution in [3.05, 3.63) is 65.2 Å². The Morgan fingerprint density at radius 1 is 0.966 bits per heavy atom. The molecular formula is C24H31N3O2. The summed E-state index contributed by atoms with van der Waals surface area (Å²) in [5.74, 6) is 0.0826. The van der Waals surface area contributed by atoms with Gasteiger partial charge in [0.05, 0.1) is 5.56 Å². The molecule has 0 unspecified atom stereocenters. The van der Waals surface area contributed by atoms with E-state index in [0.717, 1.165) is 48.3 Å². The summed E-state index contributed by atoms with van der Waals surface area (Å²) in [7, 11) is 0. The minimum absolute atomic E-state index is 0.00124. The fourth-order valence-electron chi connectivity index (χ4n) is 3.97. The van der Waals surface area contributed by atoms with Gasteiger partial charge in [0.25, 0.3) is 11.8 Å². The second kappa shape index (κ2) is 9.59. The Kier molecular flexibility index (Phi) is 6.91. The van der Waals surface area contributed by atoms with Gasteiger partial charge in [-0.25, -0.2) is 0 Å². The maximum absolute atomic E-state index is 12.9. The molecule has 3 rings (SSSR count). The summed E-state index contributed by atoms with van der Waals surface area (Å²) in [5, 5.41) is 3.18. The number of nitrogens with zero attached hydrogens (tertiary/aromatic N) is 2. The van der Waals surface area contributed by atoms with Crippen molar-refractivity contribution in [3.63, 3.8) is 0 Å². The molecule has 0 atom stereocenters. The standard InChI is InChI=1S/C24H31N3O2/c1-4-26(5-2)24(29)21-12-8-9-13-22(21)27-16-14-19(15-17-27)25-23(28)20-11-7-6-10-18(20)3/h6-13,19H,4-5,14-17H2,1-3H3,(H,25,28). The van der Waals surface area contributed by atoms with Gasteiger partial charge in [-0.1, -0.05) is 30.3 Å².